The number of sulfonamides is 1. The third kappa shape index (κ3) is 3.71. The third-order valence-electron chi connectivity index (χ3n) is 3.54. The molecule has 0 aliphatic rings. The van der Waals surface area contributed by atoms with Crippen LogP contribution in [0.3, 0.4) is 0 Å². The van der Waals surface area contributed by atoms with Crippen LogP contribution in [0.2, 0.25) is 0 Å². The average molecular weight is 406 g/mol. The van der Waals surface area contributed by atoms with Crippen molar-refractivity contribution in [3.63, 3.8) is 0 Å². The Bertz CT molecular complexity index is 1150. The zero-order chi connectivity index (χ0) is 18.1. The molecule has 0 saturated heterocycles. The van der Waals surface area contributed by atoms with Gasteiger partial charge in [0, 0.05) is 16.1 Å². The molecule has 2 N–H and O–H groups in total. The van der Waals surface area contributed by atoms with Gasteiger partial charge in [-0.2, -0.15) is 0 Å². The van der Waals surface area contributed by atoms with Crippen LogP contribution in [0.1, 0.15) is 4.88 Å². The van der Waals surface area contributed by atoms with Crippen molar-refractivity contribution in [1.82, 2.24) is 14.6 Å². The molecule has 0 saturated carbocycles. The van der Waals surface area contributed by atoms with Gasteiger partial charge in [-0.3, -0.25) is 4.72 Å². The van der Waals surface area contributed by atoms with Gasteiger partial charge in [0.05, 0.1) is 24.7 Å². The fourth-order valence-corrected chi connectivity index (χ4v) is 4.46. The quantitative estimate of drug-likeness (QED) is 0.513. The van der Waals surface area contributed by atoms with E-state index in [2.05, 4.69) is 26.2 Å². The van der Waals surface area contributed by atoms with Gasteiger partial charge in [0.2, 0.25) is 20.1 Å². The number of benzene rings is 1. The highest BCUT2D eigenvalue weighted by molar-refractivity contribution is 7.92. The normalized spacial score (nSPS) is 11.7. The van der Waals surface area contributed by atoms with Crippen molar-refractivity contribution in [1.29, 1.82) is 0 Å². The zero-order valence-corrected chi connectivity index (χ0v) is 16.2. The number of aromatic nitrogens is 3. The first-order valence-electron chi connectivity index (χ1n) is 7.67. The number of nitrogens with one attached hydrogen (secondary N) is 2. The van der Waals surface area contributed by atoms with Crippen molar-refractivity contribution >= 4 is 48.5 Å². The molecule has 0 radical (unpaired) electrons. The number of fused-ring (bicyclic) bond motifs is 1. The molecule has 0 spiro atoms. The average Bonchev–Trinajstić information content (AvgIpc) is 3.28. The number of hydrogen-bond acceptors (Lipinski definition) is 7. The standard InChI is InChI=1S/C16H15N5O2S3/c1-26(22,23)20-12-5-2-4-11(8-12)14-10-18-16-21(14)19-15(25-16)17-9-13-6-3-7-24-13/h2-8,10,20H,9H2,1H3,(H,17,19). The highest BCUT2D eigenvalue weighted by atomic mass is 32.2. The van der Waals surface area contributed by atoms with Gasteiger partial charge in [0.1, 0.15) is 0 Å². The van der Waals surface area contributed by atoms with Crippen molar-refractivity contribution in [3.05, 3.63) is 52.9 Å². The maximum absolute atomic E-state index is 11.4. The number of thiophene rings is 1. The monoisotopic (exact) mass is 405 g/mol. The Hall–Kier alpha value is -2.43. The molecule has 0 aliphatic heterocycles. The summed E-state index contributed by atoms with van der Waals surface area (Å²) in [5, 5.41) is 10.7. The molecule has 3 aromatic heterocycles. The van der Waals surface area contributed by atoms with E-state index in [1.165, 1.54) is 16.2 Å². The van der Waals surface area contributed by atoms with E-state index in [0.29, 0.717) is 5.69 Å². The van der Waals surface area contributed by atoms with E-state index < -0.39 is 10.0 Å². The van der Waals surface area contributed by atoms with Crippen LogP contribution in [0.4, 0.5) is 10.8 Å². The summed E-state index contributed by atoms with van der Waals surface area (Å²) in [7, 11) is -3.33. The molecule has 0 unspecified atom stereocenters. The Balaban J connectivity index is 1.61. The minimum Gasteiger partial charge on any atom is -0.355 e. The molecule has 4 aromatic rings. The molecule has 134 valence electrons. The molecule has 7 nitrogen and oxygen atoms in total. The largest absolute Gasteiger partial charge is 0.355 e. The van der Waals surface area contributed by atoms with Crippen LogP contribution in [0.5, 0.6) is 0 Å². The molecule has 3 heterocycles. The van der Waals surface area contributed by atoms with E-state index >= 15 is 0 Å². The summed E-state index contributed by atoms with van der Waals surface area (Å²) in [6.45, 7) is 0.720. The van der Waals surface area contributed by atoms with Crippen LogP contribution >= 0.6 is 22.7 Å². The van der Waals surface area contributed by atoms with Crippen molar-refractivity contribution in [3.8, 4) is 11.3 Å². The number of anilines is 2. The third-order valence-corrected chi connectivity index (χ3v) is 5.90. The molecular weight excluding hydrogens is 390 g/mol. The highest BCUT2D eigenvalue weighted by Crippen LogP contribution is 2.28. The fourth-order valence-electron chi connectivity index (χ4n) is 2.49. The number of nitrogens with zero attached hydrogens (tertiary/aromatic N) is 3. The van der Waals surface area contributed by atoms with Gasteiger partial charge in [0.25, 0.3) is 0 Å². The molecule has 26 heavy (non-hydrogen) atoms. The van der Waals surface area contributed by atoms with Gasteiger partial charge in [-0.15, -0.1) is 16.4 Å². The minimum absolute atomic E-state index is 0.506. The molecule has 0 atom stereocenters. The predicted molar refractivity (Wildman–Crippen MR) is 106 cm³/mol. The van der Waals surface area contributed by atoms with E-state index in [4.69, 9.17) is 0 Å². The van der Waals surface area contributed by atoms with Crippen molar-refractivity contribution in [2.45, 2.75) is 6.54 Å². The lowest BCUT2D eigenvalue weighted by molar-refractivity contribution is 0.607. The Morgan fingerprint density at radius 3 is 2.88 bits per heavy atom. The first-order valence-corrected chi connectivity index (χ1v) is 11.3. The Labute approximate surface area is 158 Å². The van der Waals surface area contributed by atoms with E-state index in [-0.39, 0.29) is 0 Å². The summed E-state index contributed by atoms with van der Waals surface area (Å²) in [5.74, 6) is 0. The summed E-state index contributed by atoms with van der Waals surface area (Å²) in [6, 6.07) is 11.3. The van der Waals surface area contributed by atoms with Crippen LogP contribution < -0.4 is 10.0 Å². The fraction of sp³-hybridized carbons (Fsp3) is 0.125. The van der Waals surface area contributed by atoms with Crippen molar-refractivity contribution < 1.29 is 8.42 Å². The van der Waals surface area contributed by atoms with Gasteiger partial charge in [-0.25, -0.2) is 17.9 Å². The van der Waals surface area contributed by atoms with Gasteiger partial charge in [0.15, 0.2) is 0 Å². The first kappa shape index (κ1) is 17.0. The number of hydrogen-bond donors (Lipinski definition) is 2. The zero-order valence-electron chi connectivity index (χ0n) is 13.7. The van der Waals surface area contributed by atoms with Gasteiger partial charge >= 0.3 is 0 Å². The molecule has 0 aliphatic carbocycles. The van der Waals surface area contributed by atoms with Crippen molar-refractivity contribution in [2.24, 2.45) is 0 Å². The first-order chi connectivity index (χ1) is 12.5. The maximum atomic E-state index is 11.4. The molecule has 10 heteroatoms. The highest BCUT2D eigenvalue weighted by Gasteiger charge is 2.12. The van der Waals surface area contributed by atoms with Crippen LogP contribution in [0.15, 0.2) is 48.0 Å². The molecular formula is C16H15N5O2S3. The maximum Gasteiger partial charge on any atom is 0.229 e. The second-order valence-corrected chi connectivity index (χ2v) is 9.37. The van der Waals surface area contributed by atoms with Gasteiger partial charge in [-0.1, -0.05) is 29.5 Å². The summed E-state index contributed by atoms with van der Waals surface area (Å²) in [4.78, 5) is 6.42. The second-order valence-electron chi connectivity index (χ2n) is 5.63. The van der Waals surface area contributed by atoms with Gasteiger partial charge < -0.3 is 5.32 Å². The summed E-state index contributed by atoms with van der Waals surface area (Å²) < 4.78 is 27.1. The SMILES string of the molecule is CS(=O)(=O)Nc1cccc(-c2cnc3sc(NCc4cccs4)nn23)c1. The molecule has 0 fully saturated rings. The van der Waals surface area contributed by atoms with Crippen molar-refractivity contribution in [2.75, 3.05) is 16.3 Å². The molecule has 4 rings (SSSR count). The predicted octanol–water partition coefficient (Wildman–Crippen LogP) is 3.50. The summed E-state index contributed by atoms with van der Waals surface area (Å²) >= 11 is 3.16. The molecule has 0 amide bonds. The topological polar surface area (TPSA) is 88.4 Å². The number of imidazole rings is 1. The smallest absolute Gasteiger partial charge is 0.229 e. The van der Waals surface area contributed by atoms with E-state index in [0.717, 1.165) is 34.2 Å². The Morgan fingerprint density at radius 2 is 2.12 bits per heavy atom. The minimum atomic E-state index is -3.33. The van der Waals surface area contributed by atoms with Crippen LogP contribution in [-0.4, -0.2) is 29.3 Å². The van der Waals surface area contributed by atoms with Gasteiger partial charge in [-0.05, 0) is 23.6 Å². The lowest BCUT2D eigenvalue weighted by atomic mass is 10.1. The Kier molecular flexibility index (Phi) is 4.39. The lowest BCUT2D eigenvalue weighted by Crippen LogP contribution is -2.09. The summed E-state index contributed by atoms with van der Waals surface area (Å²) in [5.41, 5.74) is 2.14. The van der Waals surface area contributed by atoms with Crippen LogP contribution in [0.25, 0.3) is 16.2 Å². The molecule has 0 bridgehead atoms. The van der Waals surface area contributed by atoms with E-state index in [1.807, 2.05) is 17.5 Å². The van der Waals surface area contributed by atoms with Crippen LogP contribution in [-0.2, 0) is 16.6 Å². The van der Waals surface area contributed by atoms with E-state index in [1.54, 1.807) is 40.2 Å². The Morgan fingerprint density at radius 1 is 1.23 bits per heavy atom. The second kappa shape index (κ2) is 6.71. The number of rotatable bonds is 6. The van der Waals surface area contributed by atoms with Crippen LogP contribution in [0, 0.1) is 0 Å². The van der Waals surface area contributed by atoms with E-state index in [9.17, 15) is 8.42 Å². The summed E-state index contributed by atoms with van der Waals surface area (Å²) in [6.07, 6.45) is 2.87. The lowest BCUT2D eigenvalue weighted by Gasteiger charge is -2.05. The molecule has 1 aromatic carbocycles.